The van der Waals surface area contributed by atoms with Crippen LogP contribution in [-0.2, 0) is 4.79 Å². The number of nitrogens with zero attached hydrogens (tertiary/aromatic N) is 4. The van der Waals surface area contributed by atoms with E-state index in [0.29, 0.717) is 50.7 Å². The van der Waals surface area contributed by atoms with Gasteiger partial charge in [0.2, 0.25) is 11.8 Å². The molecule has 1 saturated carbocycles. The van der Waals surface area contributed by atoms with Crippen molar-refractivity contribution < 1.29 is 18.3 Å². The first kappa shape index (κ1) is 17.6. The summed E-state index contributed by atoms with van der Waals surface area (Å²) in [5.41, 5.74) is 0. The minimum atomic E-state index is -2.58. The Morgan fingerprint density at radius 1 is 1.20 bits per heavy atom. The number of aromatic nitrogens is 2. The molecule has 25 heavy (non-hydrogen) atoms. The van der Waals surface area contributed by atoms with Gasteiger partial charge in [-0.05, 0) is 18.9 Å². The topological polar surface area (TPSA) is 58.6 Å². The van der Waals surface area contributed by atoms with E-state index in [2.05, 4.69) is 16.5 Å². The van der Waals surface area contributed by atoms with Gasteiger partial charge in [-0.1, -0.05) is 6.58 Å². The van der Waals surface area contributed by atoms with Crippen LogP contribution in [0.3, 0.4) is 0 Å². The summed E-state index contributed by atoms with van der Waals surface area (Å²) in [6.45, 7) is 5.85. The SMILES string of the molecule is C=CC(=O)N1CCN(c2nccnc2OC2CCC(F)(F)CC2)CC1. The van der Waals surface area contributed by atoms with Crippen molar-refractivity contribution in [3.8, 4) is 5.88 Å². The molecule has 0 bridgehead atoms. The number of anilines is 1. The highest BCUT2D eigenvalue weighted by Gasteiger charge is 2.36. The van der Waals surface area contributed by atoms with Crippen molar-refractivity contribution in [3.05, 3.63) is 25.0 Å². The first-order valence-electron chi connectivity index (χ1n) is 8.50. The van der Waals surface area contributed by atoms with Gasteiger partial charge in [0, 0.05) is 51.4 Å². The van der Waals surface area contributed by atoms with Gasteiger partial charge in [-0.2, -0.15) is 0 Å². The normalized spacial score (nSPS) is 21.0. The summed E-state index contributed by atoms with van der Waals surface area (Å²) in [5, 5.41) is 0. The highest BCUT2D eigenvalue weighted by Crippen LogP contribution is 2.35. The predicted molar refractivity (Wildman–Crippen MR) is 88.9 cm³/mol. The number of carbonyl (C=O) groups is 1. The molecule has 8 heteroatoms. The third kappa shape index (κ3) is 4.24. The number of alkyl halides is 2. The van der Waals surface area contributed by atoms with Crippen LogP contribution >= 0.6 is 0 Å². The molecule has 3 rings (SSSR count). The number of hydrogen-bond acceptors (Lipinski definition) is 5. The Kier molecular flexibility index (Phi) is 5.15. The van der Waals surface area contributed by atoms with Crippen molar-refractivity contribution in [2.24, 2.45) is 0 Å². The van der Waals surface area contributed by atoms with Gasteiger partial charge in [-0.15, -0.1) is 0 Å². The van der Waals surface area contributed by atoms with Crippen LogP contribution in [0.2, 0.25) is 0 Å². The largest absolute Gasteiger partial charge is 0.472 e. The van der Waals surface area contributed by atoms with E-state index < -0.39 is 5.92 Å². The Bertz CT molecular complexity index is 623. The van der Waals surface area contributed by atoms with E-state index in [1.807, 2.05) is 4.90 Å². The lowest BCUT2D eigenvalue weighted by molar-refractivity contribution is -0.126. The van der Waals surface area contributed by atoms with Gasteiger partial charge in [0.1, 0.15) is 6.10 Å². The lowest BCUT2D eigenvalue weighted by Crippen LogP contribution is -2.48. The minimum Gasteiger partial charge on any atom is -0.472 e. The van der Waals surface area contributed by atoms with Gasteiger partial charge in [0.25, 0.3) is 5.88 Å². The van der Waals surface area contributed by atoms with Gasteiger partial charge in [-0.3, -0.25) is 4.79 Å². The zero-order valence-corrected chi connectivity index (χ0v) is 14.0. The van der Waals surface area contributed by atoms with Gasteiger partial charge in [0.05, 0.1) is 0 Å². The van der Waals surface area contributed by atoms with Crippen LogP contribution in [0.15, 0.2) is 25.0 Å². The maximum Gasteiger partial charge on any atom is 0.257 e. The number of ether oxygens (including phenoxy) is 1. The molecule has 0 unspecified atom stereocenters. The van der Waals surface area contributed by atoms with E-state index in [1.165, 1.54) is 12.3 Å². The smallest absolute Gasteiger partial charge is 0.257 e. The highest BCUT2D eigenvalue weighted by molar-refractivity contribution is 5.87. The van der Waals surface area contributed by atoms with Crippen LogP contribution in [-0.4, -0.2) is 59.0 Å². The molecule has 1 amide bonds. The Morgan fingerprint density at radius 3 is 2.48 bits per heavy atom. The molecule has 0 radical (unpaired) electrons. The molecule has 2 aliphatic rings. The zero-order chi connectivity index (χ0) is 17.9. The van der Waals surface area contributed by atoms with Crippen LogP contribution in [0.4, 0.5) is 14.6 Å². The van der Waals surface area contributed by atoms with Crippen molar-refractivity contribution in [2.75, 3.05) is 31.1 Å². The molecule has 1 aromatic rings. The van der Waals surface area contributed by atoms with E-state index in [-0.39, 0.29) is 24.9 Å². The molecule has 1 saturated heterocycles. The predicted octanol–water partition coefficient (Wildman–Crippen LogP) is 2.27. The number of amides is 1. The number of hydrogen-bond donors (Lipinski definition) is 0. The number of halogens is 2. The number of piperazine rings is 1. The molecule has 2 heterocycles. The standard InChI is InChI=1S/C17H22F2N4O2/c1-2-14(24)22-9-11-23(12-10-22)15-16(21-8-7-20-15)25-13-3-5-17(18,19)6-4-13/h2,7-8,13H,1,3-6,9-12H2. The van der Waals surface area contributed by atoms with Gasteiger partial charge < -0.3 is 14.5 Å². The van der Waals surface area contributed by atoms with Crippen molar-refractivity contribution in [2.45, 2.75) is 37.7 Å². The lowest BCUT2D eigenvalue weighted by atomic mass is 9.94. The average molecular weight is 352 g/mol. The summed E-state index contributed by atoms with van der Waals surface area (Å²) < 4.78 is 32.5. The quantitative estimate of drug-likeness (QED) is 0.778. The molecule has 1 aliphatic heterocycles. The monoisotopic (exact) mass is 352 g/mol. The van der Waals surface area contributed by atoms with Crippen LogP contribution in [0, 0.1) is 0 Å². The molecule has 0 aromatic carbocycles. The van der Waals surface area contributed by atoms with Crippen LogP contribution < -0.4 is 9.64 Å². The summed E-state index contributed by atoms with van der Waals surface area (Å²) in [6, 6.07) is 0. The Hall–Kier alpha value is -2.25. The van der Waals surface area contributed by atoms with Crippen LogP contribution in [0.25, 0.3) is 0 Å². The molecule has 1 aliphatic carbocycles. The first-order valence-corrected chi connectivity index (χ1v) is 8.50. The number of rotatable bonds is 4. The fourth-order valence-corrected chi connectivity index (χ4v) is 3.18. The maximum atomic E-state index is 13.3. The summed E-state index contributed by atoms with van der Waals surface area (Å²) in [7, 11) is 0. The second-order valence-electron chi connectivity index (χ2n) is 6.37. The van der Waals surface area contributed by atoms with Crippen LogP contribution in [0.1, 0.15) is 25.7 Å². The molecule has 6 nitrogen and oxygen atoms in total. The zero-order valence-electron chi connectivity index (χ0n) is 14.0. The molecule has 136 valence electrons. The summed E-state index contributed by atoms with van der Waals surface area (Å²) in [5.74, 6) is -1.69. The fourth-order valence-electron chi connectivity index (χ4n) is 3.18. The van der Waals surface area contributed by atoms with E-state index in [1.54, 1.807) is 11.1 Å². The molecular formula is C17H22F2N4O2. The summed E-state index contributed by atoms with van der Waals surface area (Å²) >= 11 is 0. The molecular weight excluding hydrogens is 330 g/mol. The second-order valence-corrected chi connectivity index (χ2v) is 6.37. The third-order valence-electron chi connectivity index (χ3n) is 4.65. The second kappa shape index (κ2) is 7.33. The van der Waals surface area contributed by atoms with E-state index in [0.717, 1.165) is 0 Å². The molecule has 0 atom stereocenters. The minimum absolute atomic E-state index is 0.0848. The number of carbonyl (C=O) groups excluding carboxylic acids is 1. The molecule has 1 aromatic heterocycles. The molecule has 2 fully saturated rings. The van der Waals surface area contributed by atoms with Gasteiger partial charge >= 0.3 is 0 Å². The van der Waals surface area contributed by atoms with Crippen LogP contribution in [0.5, 0.6) is 5.88 Å². The summed E-state index contributed by atoms with van der Waals surface area (Å²) in [4.78, 5) is 24.0. The lowest BCUT2D eigenvalue weighted by Gasteiger charge is -2.35. The summed E-state index contributed by atoms with van der Waals surface area (Å²) in [6.07, 6.45) is 4.47. The third-order valence-corrected chi connectivity index (χ3v) is 4.65. The maximum absolute atomic E-state index is 13.3. The van der Waals surface area contributed by atoms with E-state index in [9.17, 15) is 13.6 Å². The van der Waals surface area contributed by atoms with Crippen molar-refractivity contribution in [1.29, 1.82) is 0 Å². The Morgan fingerprint density at radius 2 is 1.84 bits per heavy atom. The van der Waals surface area contributed by atoms with E-state index >= 15 is 0 Å². The van der Waals surface area contributed by atoms with Crippen molar-refractivity contribution in [1.82, 2.24) is 14.9 Å². The first-order chi connectivity index (χ1) is 12.0. The van der Waals surface area contributed by atoms with Gasteiger partial charge in [-0.25, -0.2) is 18.7 Å². The van der Waals surface area contributed by atoms with E-state index in [4.69, 9.17) is 4.74 Å². The van der Waals surface area contributed by atoms with Crippen molar-refractivity contribution >= 4 is 11.7 Å². The molecule has 0 N–H and O–H groups in total. The Balaban J connectivity index is 1.64. The fraction of sp³-hybridized carbons (Fsp3) is 0.588. The molecule has 0 spiro atoms. The Labute approximate surface area is 145 Å². The van der Waals surface area contributed by atoms with Gasteiger partial charge in [0.15, 0.2) is 5.82 Å². The van der Waals surface area contributed by atoms with Crippen molar-refractivity contribution in [3.63, 3.8) is 0 Å². The average Bonchev–Trinajstić information content (AvgIpc) is 2.63. The highest BCUT2D eigenvalue weighted by atomic mass is 19.3.